The molecule has 2 heterocycles. The number of amides is 1. The summed E-state index contributed by atoms with van der Waals surface area (Å²) in [4.78, 5) is 23.8. The van der Waals surface area contributed by atoms with Gasteiger partial charge < -0.3 is 75.6 Å². The number of carboxylic acid groups (broad SMARTS) is 1. The number of aliphatic hydroxyl groups excluding tert-OH is 7. The van der Waals surface area contributed by atoms with E-state index in [0.717, 1.165) is 6.92 Å². The molecule has 1 amide bonds. The van der Waals surface area contributed by atoms with Crippen molar-refractivity contribution in [3.63, 3.8) is 0 Å². The van der Waals surface area contributed by atoms with Crippen LogP contribution in [0, 0.1) is 0 Å². The van der Waals surface area contributed by atoms with Gasteiger partial charge in [0.1, 0.15) is 48.7 Å². The fourth-order valence-corrected chi connectivity index (χ4v) is 3.97. The van der Waals surface area contributed by atoms with E-state index in [1.165, 1.54) is 0 Å². The average Bonchev–Trinajstić information content (AvgIpc) is 2.81. The van der Waals surface area contributed by atoms with Crippen LogP contribution in [-0.2, 0) is 28.5 Å². The molecule has 204 valence electrons. The quantitative estimate of drug-likeness (QED) is 0.111. The zero-order valence-corrected chi connectivity index (χ0v) is 21.9. The number of carbonyl (C=O) groups is 2. The summed E-state index contributed by atoms with van der Waals surface area (Å²) in [6.07, 6.45) is -16.9. The molecule has 17 heteroatoms. The van der Waals surface area contributed by atoms with Gasteiger partial charge in [-0.25, -0.2) is 0 Å². The molecule has 0 bridgehead atoms. The second kappa shape index (κ2) is 14.6. The van der Waals surface area contributed by atoms with Crippen LogP contribution in [0.15, 0.2) is 0 Å². The Morgan fingerprint density at radius 1 is 1.22 bits per heavy atom. The average molecular weight is 536 g/mol. The van der Waals surface area contributed by atoms with Gasteiger partial charge in [-0.3, -0.25) is 4.79 Å². The Morgan fingerprint density at radius 2 is 1.86 bits per heavy atom. The van der Waals surface area contributed by atoms with E-state index in [4.69, 9.17) is 24.7 Å². The summed E-state index contributed by atoms with van der Waals surface area (Å²) < 4.78 is 21.4. The van der Waals surface area contributed by atoms with Gasteiger partial charge in [0.25, 0.3) is 0 Å². The first-order chi connectivity index (χ1) is 16.4. The molecule has 0 radical (unpaired) electrons. The van der Waals surface area contributed by atoms with Crippen LogP contribution < -0.4 is 45.7 Å². The van der Waals surface area contributed by atoms with Gasteiger partial charge in [-0.1, -0.05) is 0 Å². The molecule has 0 aromatic heterocycles. The normalized spacial score (nSPS) is 38.5. The summed E-state index contributed by atoms with van der Waals surface area (Å²) in [5, 5.41) is 85.3. The Labute approximate surface area is 228 Å². The molecule has 0 aliphatic carbocycles. The summed E-state index contributed by atoms with van der Waals surface area (Å²) >= 11 is 0. The van der Waals surface area contributed by atoms with E-state index in [-0.39, 0.29) is 42.7 Å². The molecule has 36 heavy (non-hydrogen) atoms. The topological polar surface area (TPSA) is 274 Å². The summed E-state index contributed by atoms with van der Waals surface area (Å²) in [5.41, 5.74) is 5.35. The van der Waals surface area contributed by atoms with Crippen molar-refractivity contribution in [1.82, 2.24) is 5.32 Å². The molecule has 2 saturated heterocycles. The summed E-state index contributed by atoms with van der Waals surface area (Å²) in [7, 11) is 0. The SMILES string of the molecule is CC(=O)NC1C(O)CC(OC2C(O)C(CO)OC(OCCN)C2O)(C(=O)[O-])OC1[C@@H](O)[C@@H](O)CO.[Na+]. The molecular weight excluding hydrogens is 503 g/mol. The second-order valence-corrected chi connectivity index (χ2v) is 8.31. The van der Waals surface area contributed by atoms with E-state index in [9.17, 15) is 50.4 Å². The van der Waals surface area contributed by atoms with Gasteiger partial charge in [-0.2, -0.15) is 0 Å². The van der Waals surface area contributed by atoms with Gasteiger partial charge >= 0.3 is 29.6 Å². The smallest absolute Gasteiger partial charge is 0.544 e. The Bertz CT molecular complexity index is 722. The molecule has 10 N–H and O–H groups in total. The minimum Gasteiger partial charge on any atom is -0.544 e. The van der Waals surface area contributed by atoms with E-state index >= 15 is 0 Å². The van der Waals surface area contributed by atoms with Crippen LogP contribution in [0.1, 0.15) is 13.3 Å². The maximum atomic E-state index is 12.2. The third-order valence-corrected chi connectivity index (χ3v) is 5.72. The predicted molar refractivity (Wildman–Crippen MR) is 108 cm³/mol. The Morgan fingerprint density at radius 3 is 2.36 bits per heavy atom. The number of rotatable bonds is 11. The van der Waals surface area contributed by atoms with E-state index < -0.39 is 98.5 Å². The van der Waals surface area contributed by atoms with Crippen molar-refractivity contribution < 1.29 is 98.9 Å². The van der Waals surface area contributed by atoms with Crippen LogP contribution in [0.4, 0.5) is 0 Å². The molecular formula is C19H33N2NaO14. The molecule has 2 aliphatic heterocycles. The number of carbonyl (C=O) groups excluding carboxylic acids is 2. The van der Waals surface area contributed by atoms with Crippen molar-refractivity contribution in [3.8, 4) is 0 Å². The van der Waals surface area contributed by atoms with Crippen molar-refractivity contribution in [2.45, 2.75) is 80.3 Å². The number of hydrogen-bond acceptors (Lipinski definition) is 15. The number of aliphatic carboxylic acids is 1. The van der Waals surface area contributed by atoms with Gasteiger partial charge in [0.2, 0.25) is 11.7 Å². The third kappa shape index (κ3) is 7.52. The fourth-order valence-electron chi connectivity index (χ4n) is 3.97. The fraction of sp³-hybridized carbons (Fsp3) is 0.895. The number of nitrogens with two attached hydrogens (primary N) is 1. The van der Waals surface area contributed by atoms with Crippen LogP contribution in [0.5, 0.6) is 0 Å². The van der Waals surface area contributed by atoms with Crippen molar-refractivity contribution in [2.75, 3.05) is 26.4 Å². The molecule has 11 atom stereocenters. The van der Waals surface area contributed by atoms with Gasteiger partial charge in [0, 0.05) is 19.9 Å². The first kappa shape index (κ1) is 33.5. The summed E-state index contributed by atoms with van der Waals surface area (Å²) in [5.74, 6) is -5.74. The van der Waals surface area contributed by atoms with E-state index in [0.29, 0.717) is 0 Å². The van der Waals surface area contributed by atoms with Crippen LogP contribution in [0.2, 0.25) is 0 Å². The zero-order chi connectivity index (χ0) is 26.5. The first-order valence-electron chi connectivity index (χ1n) is 10.9. The molecule has 2 fully saturated rings. The standard InChI is InChI=1S/C19H34N2O14.Na/c1-7(24)21-11-8(25)4-19(18(30)31,34-15(11)12(27)9(26)5-22)35-16-13(28)10(6-23)33-17(14(16)29)32-3-2-20;/h8-17,22-23,25-29H,2-6,20H2,1H3,(H,21,24)(H,30,31);/q;+1/p-1/t8?,9-,10?,11?,12-,13?,14?,15?,16?,17?,19?;/m0./s1. The number of hydrogen-bond donors (Lipinski definition) is 9. The third-order valence-electron chi connectivity index (χ3n) is 5.72. The monoisotopic (exact) mass is 536 g/mol. The minimum atomic E-state index is -2.95. The second-order valence-electron chi connectivity index (χ2n) is 8.31. The molecule has 0 aromatic rings. The Hall–Kier alpha value is -0.540. The van der Waals surface area contributed by atoms with Crippen molar-refractivity contribution >= 4 is 11.9 Å². The van der Waals surface area contributed by atoms with Gasteiger partial charge in [-0.05, 0) is 0 Å². The molecule has 2 rings (SSSR count). The Kier molecular flexibility index (Phi) is 13.6. The Balaban J connectivity index is 0.00000648. The molecule has 2 aliphatic rings. The number of aliphatic hydroxyl groups is 7. The molecule has 16 nitrogen and oxygen atoms in total. The van der Waals surface area contributed by atoms with Crippen LogP contribution in [-0.4, -0.2) is 141 Å². The summed E-state index contributed by atoms with van der Waals surface area (Å²) in [6, 6.07) is -1.46. The van der Waals surface area contributed by atoms with Crippen molar-refractivity contribution in [1.29, 1.82) is 0 Å². The largest absolute Gasteiger partial charge is 1.00 e. The van der Waals surface area contributed by atoms with Gasteiger partial charge in [0.05, 0.1) is 32.0 Å². The molecule has 9 unspecified atom stereocenters. The predicted octanol–water partition coefficient (Wildman–Crippen LogP) is -10.4. The molecule has 0 spiro atoms. The number of carboxylic acids is 1. The minimum absolute atomic E-state index is 0. The maximum absolute atomic E-state index is 12.2. The van der Waals surface area contributed by atoms with Crippen molar-refractivity contribution in [3.05, 3.63) is 0 Å². The maximum Gasteiger partial charge on any atom is 1.00 e. The number of nitrogens with one attached hydrogen (secondary N) is 1. The molecule has 0 saturated carbocycles. The van der Waals surface area contributed by atoms with E-state index in [2.05, 4.69) is 5.32 Å². The van der Waals surface area contributed by atoms with Crippen LogP contribution in [0.3, 0.4) is 0 Å². The summed E-state index contributed by atoms with van der Waals surface area (Å²) in [6.45, 7) is -0.804. The van der Waals surface area contributed by atoms with E-state index in [1.54, 1.807) is 0 Å². The van der Waals surface area contributed by atoms with Gasteiger partial charge in [-0.15, -0.1) is 0 Å². The zero-order valence-electron chi connectivity index (χ0n) is 19.9. The number of ether oxygens (including phenoxy) is 4. The van der Waals surface area contributed by atoms with Crippen molar-refractivity contribution in [2.24, 2.45) is 5.73 Å². The van der Waals surface area contributed by atoms with Crippen LogP contribution >= 0.6 is 0 Å². The first-order valence-corrected chi connectivity index (χ1v) is 10.9. The molecule has 0 aromatic carbocycles. The van der Waals surface area contributed by atoms with E-state index in [1.807, 2.05) is 0 Å². The van der Waals surface area contributed by atoms with Gasteiger partial charge in [0.15, 0.2) is 6.29 Å². The van der Waals surface area contributed by atoms with Crippen LogP contribution in [0.25, 0.3) is 0 Å².